The fourth-order valence-corrected chi connectivity index (χ4v) is 12.0. The van der Waals surface area contributed by atoms with Gasteiger partial charge in [-0.25, -0.2) is 0 Å². The highest BCUT2D eigenvalue weighted by atomic mass is 28.3. The lowest BCUT2D eigenvalue weighted by Gasteiger charge is -2.35. The molecule has 45 heavy (non-hydrogen) atoms. The molecule has 1 heterocycles. The summed E-state index contributed by atoms with van der Waals surface area (Å²) in [6, 6.07) is 68.4. The quantitative estimate of drug-likeness (QED) is 0.187. The van der Waals surface area contributed by atoms with E-state index in [-0.39, 0.29) is 6.71 Å². The molecule has 0 fully saturated rings. The van der Waals surface area contributed by atoms with Gasteiger partial charge in [0.2, 0.25) is 0 Å². The number of hydrogen-bond donors (Lipinski definition) is 0. The molecule has 7 aromatic carbocycles. The normalized spacial score (nSPS) is 12.1. The lowest BCUT2D eigenvalue weighted by molar-refractivity contribution is 0.489. The molecule has 8 rings (SSSR count). The van der Waals surface area contributed by atoms with Crippen LogP contribution < -0.4 is 41.9 Å². The van der Waals surface area contributed by atoms with E-state index < -0.39 is 8.07 Å². The van der Waals surface area contributed by atoms with Gasteiger partial charge in [-0.05, 0) is 43.3 Å². The number of ether oxygens (including phenoxy) is 1. The SMILES string of the molecule is c1ccc(B2c3ccccc3Oc3c2cccc3-c2cccc([Si](c3ccccc3)(c3ccccc3)c3ccccc3)c2)cc1. The highest BCUT2D eigenvalue weighted by Crippen LogP contribution is 2.34. The van der Waals surface area contributed by atoms with E-state index in [1.54, 1.807) is 0 Å². The summed E-state index contributed by atoms with van der Waals surface area (Å²) in [6.45, 7) is 0.0979. The molecule has 0 saturated carbocycles. The van der Waals surface area contributed by atoms with Gasteiger partial charge in [0.05, 0.1) is 0 Å². The maximum absolute atomic E-state index is 6.81. The van der Waals surface area contributed by atoms with E-state index in [1.165, 1.54) is 37.1 Å². The Morgan fingerprint density at radius 2 is 0.889 bits per heavy atom. The molecule has 0 radical (unpaired) electrons. The third kappa shape index (κ3) is 4.64. The first kappa shape index (κ1) is 27.2. The number of rotatable bonds is 6. The largest absolute Gasteiger partial charge is 0.458 e. The maximum atomic E-state index is 6.81. The third-order valence-corrected chi connectivity index (χ3v) is 13.9. The lowest BCUT2D eigenvalue weighted by Crippen LogP contribution is -2.74. The molecule has 1 aliphatic rings. The van der Waals surface area contributed by atoms with Gasteiger partial charge in [0, 0.05) is 5.56 Å². The predicted molar refractivity (Wildman–Crippen MR) is 193 cm³/mol. The van der Waals surface area contributed by atoms with Gasteiger partial charge >= 0.3 is 0 Å². The Balaban J connectivity index is 1.36. The van der Waals surface area contributed by atoms with E-state index >= 15 is 0 Å². The molecule has 7 aromatic rings. The van der Waals surface area contributed by atoms with Crippen LogP contribution in [0.15, 0.2) is 188 Å². The Labute approximate surface area is 266 Å². The third-order valence-electron chi connectivity index (χ3n) is 9.16. The van der Waals surface area contributed by atoms with E-state index in [0.29, 0.717) is 0 Å². The Hall–Kier alpha value is -5.38. The summed E-state index contributed by atoms with van der Waals surface area (Å²) in [5, 5.41) is 5.44. The molecule has 0 atom stereocenters. The Bertz CT molecular complexity index is 1980. The van der Waals surface area contributed by atoms with Crippen LogP contribution in [0.4, 0.5) is 0 Å². The van der Waals surface area contributed by atoms with E-state index in [9.17, 15) is 0 Å². The zero-order chi connectivity index (χ0) is 30.1. The van der Waals surface area contributed by atoms with Crippen LogP contribution in [0.5, 0.6) is 11.5 Å². The summed E-state index contributed by atoms with van der Waals surface area (Å²) < 4.78 is 6.81. The van der Waals surface area contributed by atoms with Crippen molar-refractivity contribution in [3.63, 3.8) is 0 Å². The van der Waals surface area contributed by atoms with Crippen molar-refractivity contribution >= 4 is 51.9 Å². The fourth-order valence-electron chi connectivity index (χ4n) is 7.20. The number of hydrogen-bond acceptors (Lipinski definition) is 1. The molecule has 0 spiro atoms. The fraction of sp³-hybridized carbons (Fsp3) is 0. The van der Waals surface area contributed by atoms with Crippen molar-refractivity contribution in [1.82, 2.24) is 0 Å². The summed E-state index contributed by atoms with van der Waals surface area (Å²) in [7, 11) is -2.66. The van der Waals surface area contributed by atoms with Crippen LogP contribution in [0.2, 0.25) is 0 Å². The molecule has 0 saturated heterocycles. The molecular formula is C42H31BOSi. The molecule has 0 aromatic heterocycles. The zero-order valence-electron chi connectivity index (χ0n) is 24.9. The topological polar surface area (TPSA) is 9.23 Å². The summed E-state index contributed by atoms with van der Waals surface area (Å²) in [4.78, 5) is 0. The molecule has 0 bridgehead atoms. The van der Waals surface area contributed by atoms with Gasteiger partial charge in [-0.15, -0.1) is 0 Å². The zero-order valence-corrected chi connectivity index (χ0v) is 25.9. The average Bonchev–Trinajstić information content (AvgIpc) is 3.12. The molecule has 0 amide bonds. The average molecular weight is 591 g/mol. The molecule has 3 heteroatoms. The van der Waals surface area contributed by atoms with Crippen LogP contribution >= 0.6 is 0 Å². The molecule has 1 nitrogen and oxygen atoms in total. The van der Waals surface area contributed by atoms with E-state index in [2.05, 4.69) is 188 Å². The van der Waals surface area contributed by atoms with E-state index in [1.807, 2.05) is 0 Å². The minimum Gasteiger partial charge on any atom is -0.458 e. The van der Waals surface area contributed by atoms with E-state index in [4.69, 9.17) is 4.74 Å². The predicted octanol–water partition coefficient (Wildman–Crippen LogP) is 5.35. The van der Waals surface area contributed by atoms with Crippen LogP contribution in [0.3, 0.4) is 0 Å². The molecule has 1 aliphatic heterocycles. The second-order valence-corrected chi connectivity index (χ2v) is 15.4. The maximum Gasteiger partial charge on any atom is 0.250 e. The minimum atomic E-state index is -2.66. The Morgan fingerprint density at radius 3 is 1.51 bits per heavy atom. The van der Waals surface area contributed by atoms with Crippen LogP contribution in [0.25, 0.3) is 11.1 Å². The minimum absolute atomic E-state index is 0.0979. The first-order valence-corrected chi connectivity index (χ1v) is 17.6. The summed E-state index contributed by atoms with van der Waals surface area (Å²) >= 11 is 0. The van der Waals surface area contributed by atoms with Gasteiger partial charge in [-0.3, -0.25) is 0 Å². The molecule has 0 unspecified atom stereocenters. The number of fused-ring (bicyclic) bond motifs is 2. The highest BCUT2D eigenvalue weighted by molar-refractivity contribution is 7.19. The smallest absolute Gasteiger partial charge is 0.250 e. The monoisotopic (exact) mass is 590 g/mol. The summed E-state index contributed by atoms with van der Waals surface area (Å²) in [5.74, 6) is 1.86. The second-order valence-electron chi connectivity index (χ2n) is 11.6. The van der Waals surface area contributed by atoms with Crippen molar-refractivity contribution in [1.29, 1.82) is 0 Å². The van der Waals surface area contributed by atoms with Crippen molar-refractivity contribution in [3.05, 3.63) is 188 Å². The number of para-hydroxylation sites is 2. The van der Waals surface area contributed by atoms with Crippen LogP contribution in [-0.4, -0.2) is 14.8 Å². The van der Waals surface area contributed by atoms with Crippen molar-refractivity contribution in [2.45, 2.75) is 0 Å². The van der Waals surface area contributed by atoms with Crippen molar-refractivity contribution < 1.29 is 4.74 Å². The lowest BCUT2D eigenvalue weighted by atomic mass is 9.35. The number of benzene rings is 7. The summed E-state index contributed by atoms with van der Waals surface area (Å²) in [5.41, 5.74) is 5.94. The van der Waals surface area contributed by atoms with E-state index in [0.717, 1.165) is 22.6 Å². The standard InChI is InChI=1S/C42H31BOSi/c1-5-18-33(19-6-1)43-39-28-13-14-30-41(39)44-42-38(27-16-29-40(42)43)32-17-15-26-37(31-32)45(34-20-7-2-8-21-34,35-22-9-3-10-23-35)36-24-11-4-12-25-36/h1-31H. The highest BCUT2D eigenvalue weighted by Gasteiger charge is 2.41. The van der Waals surface area contributed by atoms with Gasteiger partial charge in [-0.1, -0.05) is 187 Å². The van der Waals surface area contributed by atoms with Crippen LogP contribution in [0.1, 0.15) is 0 Å². The second kappa shape index (κ2) is 11.6. The van der Waals surface area contributed by atoms with Gasteiger partial charge in [0.25, 0.3) is 6.71 Å². The van der Waals surface area contributed by atoms with Crippen LogP contribution in [0, 0.1) is 0 Å². The molecule has 0 N–H and O–H groups in total. The van der Waals surface area contributed by atoms with Crippen molar-refractivity contribution in [3.8, 4) is 22.6 Å². The summed E-state index contributed by atoms with van der Waals surface area (Å²) in [6.07, 6.45) is 0. The molecule has 0 aliphatic carbocycles. The van der Waals surface area contributed by atoms with Gasteiger partial charge in [0.15, 0.2) is 8.07 Å². The Kier molecular flexibility index (Phi) is 7.01. The van der Waals surface area contributed by atoms with Crippen molar-refractivity contribution in [2.24, 2.45) is 0 Å². The van der Waals surface area contributed by atoms with Gasteiger partial charge in [0.1, 0.15) is 11.5 Å². The first-order chi connectivity index (χ1) is 22.3. The van der Waals surface area contributed by atoms with Crippen LogP contribution in [-0.2, 0) is 0 Å². The van der Waals surface area contributed by atoms with Gasteiger partial charge < -0.3 is 4.74 Å². The molecule has 212 valence electrons. The van der Waals surface area contributed by atoms with Crippen molar-refractivity contribution in [2.75, 3.05) is 0 Å². The van der Waals surface area contributed by atoms with Gasteiger partial charge in [-0.2, -0.15) is 0 Å². The first-order valence-electron chi connectivity index (χ1n) is 15.6. The Morgan fingerprint density at radius 1 is 0.400 bits per heavy atom. The molecular weight excluding hydrogens is 559 g/mol.